The Morgan fingerprint density at radius 3 is 2.65 bits per heavy atom. The van der Waals surface area contributed by atoms with Crippen LogP contribution in [-0.4, -0.2) is 25.6 Å². The molecule has 1 aromatic heterocycles. The van der Waals surface area contributed by atoms with Crippen LogP contribution in [0.1, 0.15) is 28.5 Å². The fourth-order valence-corrected chi connectivity index (χ4v) is 2.48. The molecular weight excluding hydrogens is 314 g/mol. The number of hydrogen-bond donors (Lipinski definition) is 2. The highest BCUT2D eigenvalue weighted by Crippen LogP contribution is 2.16. The molecule has 0 bridgehead atoms. The zero-order valence-electron chi connectivity index (χ0n) is 13.0. The van der Waals surface area contributed by atoms with Gasteiger partial charge < -0.3 is 5.32 Å². The Hall–Kier alpha value is -2.25. The Kier molecular flexibility index (Phi) is 5.46. The maximum absolute atomic E-state index is 12.4. The van der Waals surface area contributed by atoms with Gasteiger partial charge in [0.2, 0.25) is 10.0 Å². The molecule has 1 amide bonds. The number of nitrogens with zero attached hydrogens (tertiary/aromatic N) is 1. The summed E-state index contributed by atoms with van der Waals surface area (Å²) in [6, 6.07) is 10.8. The van der Waals surface area contributed by atoms with E-state index in [1.54, 1.807) is 12.1 Å². The van der Waals surface area contributed by atoms with Gasteiger partial charge in [0.05, 0.1) is 18.5 Å². The molecule has 0 aliphatic heterocycles. The van der Waals surface area contributed by atoms with Gasteiger partial charge in [-0.1, -0.05) is 25.1 Å². The number of rotatable bonds is 6. The van der Waals surface area contributed by atoms with E-state index in [0.717, 1.165) is 23.9 Å². The van der Waals surface area contributed by atoms with Crippen molar-refractivity contribution in [3.63, 3.8) is 0 Å². The molecule has 0 saturated carbocycles. The Labute approximate surface area is 136 Å². The molecule has 0 radical (unpaired) electrons. The van der Waals surface area contributed by atoms with Gasteiger partial charge in [0.1, 0.15) is 0 Å². The summed E-state index contributed by atoms with van der Waals surface area (Å²) in [6.45, 7) is 2.07. The number of aryl methyl sites for hydroxylation is 1. The number of amides is 1. The van der Waals surface area contributed by atoms with Gasteiger partial charge in [-0.15, -0.1) is 0 Å². The summed E-state index contributed by atoms with van der Waals surface area (Å²) in [5.41, 5.74) is 2.73. The third kappa shape index (κ3) is 5.15. The number of pyridine rings is 1. The fraction of sp³-hybridized carbons (Fsp3) is 0.250. The van der Waals surface area contributed by atoms with Gasteiger partial charge >= 0.3 is 0 Å². The van der Waals surface area contributed by atoms with E-state index >= 15 is 0 Å². The lowest BCUT2D eigenvalue weighted by Crippen LogP contribution is -2.22. The summed E-state index contributed by atoms with van der Waals surface area (Å²) in [6.07, 6.45) is 3.38. The highest BCUT2D eigenvalue weighted by molar-refractivity contribution is 7.88. The van der Waals surface area contributed by atoms with Crippen molar-refractivity contribution in [3.05, 3.63) is 59.4 Å². The van der Waals surface area contributed by atoms with Crippen LogP contribution < -0.4 is 10.0 Å². The van der Waals surface area contributed by atoms with Crippen molar-refractivity contribution in [1.29, 1.82) is 0 Å². The first-order valence-electron chi connectivity index (χ1n) is 7.18. The number of carbonyl (C=O) groups is 1. The predicted octanol–water partition coefficient (Wildman–Crippen LogP) is 1.95. The fourth-order valence-electron chi connectivity index (χ4n) is 2.07. The molecule has 0 atom stereocenters. The van der Waals surface area contributed by atoms with E-state index < -0.39 is 10.0 Å². The van der Waals surface area contributed by atoms with Gasteiger partial charge in [0.25, 0.3) is 5.91 Å². The number of benzene rings is 1. The van der Waals surface area contributed by atoms with Crippen LogP contribution in [0.15, 0.2) is 42.6 Å². The summed E-state index contributed by atoms with van der Waals surface area (Å²) in [4.78, 5) is 16.4. The van der Waals surface area contributed by atoms with Crippen molar-refractivity contribution >= 4 is 21.6 Å². The zero-order valence-corrected chi connectivity index (χ0v) is 13.9. The number of para-hydroxylation sites is 1. The number of anilines is 1. The SMILES string of the molecule is CCc1ccccc1NC(=O)c1ccnc(CNS(C)(=O)=O)c1. The third-order valence-corrected chi connectivity index (χ3v) is 3.91. The summed E-state index contributed by atoms with van der Waals surface area (Å²) < 4.78 is 24.6. The number of aromatic nitrogens is 1. The maximum atomic E-state index is 12.4. The largest absolute Gasteiger partial charge is 0.322 e. The molecule has 0 unspecified atom stereocenters. The summed E-state index contributed by atoms with van der Waals surface area (Å²) in [7, 11) is -3.30. The molecule has 0 aliphatic rings. The highest BCUT2D eigenvalue weighted by atomic mass is 32.2. The number of carbonyl (C=O) groups excluding carboxylic acids is 1. The molecule has 6 nitrogen and oxygen atoms in total. The van der Waals surface area contributed by atoms with Crippen LogP contribution in [0.4, 0.5) is 5.69 Å². The molecule has 1 aromatic carbocycles. The van der Waals surface area contributed by atoms with Gasteiger partial charge in [-0.2, -0.15) is 0 Å². The van der Waals surface area contributed by atoms with Crippen molar-refractivity contribution in [2.24, 2.45) is 0 Å². The van der Waals surface area contributed by atoms with E-state index in [0.29, 0.717) is 11.3 Å². The molecule has 2 aromatic rings. The molecule has 0 saturated heterocycles. The lowest BCUT2D eigenvalue weighted by atomic mass is 10.1. The highest BCUT2D eigenvalue weighted by Gasteiger charge is 2.10. The Balaban J connectivity index is 2.13. The molecular formula is C16H19N3O3S. The van der Waals surface area contributed by atoms with Gasteiger partial charge in [0.15, 0.2) is 0 Å². The molecule has 23 heavy (non-hydrogen) atoms. The predicted molar refractivity (Wildman–Crippen MR) is 89.7 cm³/mol. The lowest BCUT2D eigenvalue weighted by Gasteiger charge is -2.10. The van der Waals surface area contributed by atoms with Crippen LogP contribution in [0.5, 0.6) is 0 Å². The van der Waals surface area contributed by atoms with Gasteiger partial charge in [-0.05, 0) is 30.2 Å². The molecule has 0 fully saturated rings. The second-order valence-corrected chi connectivity index (χ2v) is 6.93. The molecule has 122 valence electrons. The van der Waals surface area contributed by atoms with Gasteiger partial charge in [-0.25, -0.2) is 13.1 Å². The van der Waals surface area contributed by atoms with Crippen molar-refractivity contribution in [2.45, 2.75) is 19.9 Å². The van der Waals surface area contributed by atoms with Crippen LogP contribution in [-0.2, 0) is 23.0 Å². The van der Waals surface area contributed by atoms with Crippen LogP contribution >= 0.6 is 0 Å². The molecule has 1 heterocycles. The molecule has 0 aliphatic carbocycles. The van der Waals surface area contributed by atoms with Gasteiger partial charge in [0, 0.05) is 17.4 Å². The van der Waals surface area contributed by atoms with Crippen molar-refractivity contribution in [2.75, 3.05) is 11.6 Å². The molecule has 2 N–H and O–H groups in total. The zero-order chi connectivity index (χ0) is 16.9. The van der Waals surface area contributed by atoms with E-state index in [-0.39, 0.29) is 12.5 Å². The van der Waals surface area contributed by atoms with Crippen LogP contribution in [0.3, 0.4) is 0 Å². The van der Waals surface area contributed by atoms with Crippen molar-refractivity contribution in [3.8, 4) is 0 Å². The monoisotopic (exact) mass is 333 g/mol. The smallest absolute Gasteiger partial charge is 0.255 e. The molecule has 0 spiro atoms. The summed E-state index contributed by atoms with van der Waals surface area (Å²) in [5.74, 6) is -0.256. The average molecular weight is 333 g/mol. The average Bonchev–Trinajstić information content (AvgIpc) is 2.53. The second-order valence-electron chi connectivity index (χ2n) is 5.09. The number of nitrogens with one attached hydrogen (secondary N) is 2. The van der Waals surface area contributed by atoms with Crippen LogP contribution in [0, 0.1) is 0 Å². The minimum absolute atomic E-state index is 0.0471. The maximum Gasteiger partial charge on any atom is 0.255 e. The molecule has 7 heteroatoms. The standard InChI is InChI=1S/C16H19N3O3S/c1-3-12-6-4-5-7-15(12)19-16(20)13-8-9-17-14(10-13)11-18-23(2,21)22/h4-10,18H,3,11H2,1-2H3,(H,19,20). The van der Waals surface area contributed by atoms with Crippen molar-refractivity contribution in [1.82, 2.24) is 9.71 Å². The van der Waals surface area contributed by atoms with E-state index in [1.807, 2.05) is 31.2 Å². The number of hydrogen-bond acceptors (Lipinski definition) is 4. The summed E-state index contributed by atoms with van der Waals surface area (Å²) in [5, 5.41) is 2.87. The van der Waals surface area contributed by atoms with Crippen molar-refractivity contribution < 1.29 is 13.2 Å². The first kappa shape index (κ1) is 17.1. The second kappa shape index (κ2) is 7.34. The van der Waals surface area contributed by atoms with Crippen LogP contribution in [0.2, 0.25) is 0 Å². The van der Waals surface area contributed by atoms with Crippen LogP contribution in [0.25, 0.3) is 0 Å². The topological polar surface area (TPSA) is 88.2 Å². The first-order valence-corrected chi connectivity index (χ1v) is 9.07. The number of sulfonamides is 1. The first-order chi connectivity index (χ1) is 10.9. The van der Waals surface area contributed by atoms with E-state index in [9.17, 15) is 13.2 Å². The molecule has 2 rings (SSSR count). The van der Waals surface area contributed by atoms with Gasteiger partial charge in [-0.3, -0.25) is 9.78 Å². The van der Waals surface area contributed by atoms with E-state index in [2.05, 4.69) is 15.0 Å². The minimum Gasteiger partial charge on any atom is -0.322 e. The van der Waals surface area contributed by atoms with E-state index in [1.165, 1.54) is 6.20 Å². The van der Waals surface area contributed by atoms with E-state index in [4.69, 9.17) is 0 Å². The Morgan fingerprint density at radius 2 is 1.96 bits per heavy atom. The quantitative estimate of drug-likeness (QED) is 0.845. The normalized spacial score (nSPS) is 11.2. The Bertz CT molecular complexity index is 804. The third-order valence-electron chi connectivity index (χ3n) is 3.24. The summed E-state index contributed by atoms with van der Waals surface area (Å²) >= 11 is 0. The minimum atomic E-state index is -3.30. The Morgan fingerprint density at radius 1 is 1.22 bits per heavy atom. The lowest BCUT2D eigenvalue weighted by molar-refractivity contribution is 0.102.